The van der Waals surface area contributed by atoms with Gasteiger partial charge in [-0.2, -0.15) is 0 Å². The van der Waals surface area contributed by atoms with Crippen molar-refractivity contribution < 1.29 is 9.50 Å². The number of halogens is 1. The summed E-state index contributed by atoms with van der Waals surface area (Å²) in [6.07, 6.45) is 3.20. The normalized spacial score (nSPS) is 17.8. The van der Waals surface area contributed by atoms with Gasteiger partial charge in [-0.3, -0.25) is 0 Å². The van der Waals surface area contributed by atoms with Crippen LogP contribution in [-0.4, -0.2) is 5.11 Å². The number of aromatic hydroxyl groups is 1. The van der Waals surface area contributed by atoms with Crippen LogP contribution in [0.4, 0.5) is 4.39 Å². The predicted octanol–water partition coefficient (Wildman–Crippen LogP) is 3.70. The monoisotopic (exact) mass is 271 g/mol. The van der Waals surface area contributed by atoms with Gasteiger partial charge in [0.05, 0.1) is 0 Å². The van der Waals surface area contributed by atoms with E-state index in [4.69, 9.17) is 0 Å². The van der Waals surface area contributed by atoms with E-state index in [1.54, 1.807) is 18.2 Å². The van der Waals surface area contributed by atoms with Gasteiger partial charge >= 0.3 is 0 Å². The van der Waals surface area contributed by atoms with Gasteiger partial charge in [0, 0.05) is 12.6 Å². The number of hydrogen-bond donors (Lipinski definition) is 2. The Labute approximate surface area is 118 Å². The smallest absolute Gasteiger partial charge is 0.123 e. The van der Waals surface area contributed by atoms with Crippen LogP contribution in [0, 0.1) is 5.82 Å². The van der Waals surface area contributed by atoms with Crippen LogP contribution in [0.1, 0.15) is 35.6 Å². The molecule has 0 saturated heterocycles. The van der Waals surface area contributed by atoms with E-state index in [0.29, 0.717) is 12.3 Å². The molecule has 0 spiro atoms. The lowest BCUT2D eigenvalue weighted by molar-refractivity contribution is 0.449. The lowest BCUT2D eigenvalue weighted by atomic mass is 9.87. The van der Waals surface area contributed by atoms with Crippen LogP contribution in [-0.2, 0) is 13.0 Å². The molecule has 0 radical (unpaired) electrons. The Hall–Kier alpha value is -1.87. The van der Waals surface area contributed by atoms with Crippen molar-refractivity contribution in [3.63, 3.8) is 0 Å². The second kappa shape index (κ2) is 5.63. The van der Waals surface area contributed by atoms with E-state index in [0.717, 1.165) is 24.8 Å². The van der Waals surface area contributed by atoms with Crippen molar-refractivity contribution in [2.45, 2.75) is 31.8 Å². The lowest BCUT2D eigenvalue weighted by Crippen LogP contribution is -2.24. The van der Waals surface area contributed by atoms with Gasteiger partial charge < -0.3 is 10.4 Å². The number of benzene rings is 2. The molecule has 3 rings (SSSR count). The molecular weight excluding hydrogens is 253 g/mol. The second-order valence-electron chi connectivity index (χ2n) is 5.34. The quantitative estimate of drug-likeness (QED) is 0.892. The van der Waals surface area contributed by atoms with Gasteiger partial charge in [0.1, 0.15) is 11.6 Å². The standard InChI is InChI=1S/C17H18FNO/c18-14-5-1-3-12(9-14)11-19-17-6-2-4-13-10-15(20)7-8-16(13)17/h1,3,5,7-10,17,19-20H,2,4,6,11H2. The topological polar surface area (TPSA) is 32.3 Å². The van der Waals surface area contributed by atoms with Crippen molar-refractivity contribution in [1.29, 1.82) is 0 Å². The van der Waals surface area contributed by atoms with Gasteiger partial charge in [-0.25, -0.2) is 4.39 Å². The van der Waals surface area contributed by atoms with Crippen LogP contribution in [0.5, 0.6) is 5.75 Å². The molecule has 0 saturated carbocycles. The first-order chi connectivity index (χ1) is 9.72. The van der Waals surface area contributed by atoms with E-state index in [-0.39, 0.29) is 11.9 Å². The molecule has 0 amide bonds. The first-order valence-corrected chi connectivity index (χ1v) is 7.02. The summed E-state index contributed by atoms with van der Waals surface area (Å²) < 4.78 is 13.2. The molecule has 20 heavy (non-hydrogen) atoms. The highest BCUT2D eigenvalue weighted by atomic mass is 19.1. The molecular formula is C17H18FNO. The first-order valence-electron chi connectivity index (χ1n) is 7.02. The average Bonchev–Trinajstić information content (AvgIpc) is 2.44. The fourth-order valence-electron chi connectivity index (χ4n) is 2.90. The Kier molecular flexibility index (Phi) is 3.70. The Morgan fingerprint density at radius 3 is 2.95 bits per heavy atom. The molecule has 1 atom stereocenters. The van der Waals surface area contributed by atoms with Crippen molar-refractivity contribution in [2.24, 2.45) is 0 Å². The molecule has 0 fully saturated rings. The minimum absolute atomic E-state index is 0.196. The zero-order valence-corrected chi connectivity index (χ0v) is 11.3. The molecule has 2 aromatic carbocycles. The van der Waals surface area contributed by atoms with E-state index in [1.165, 1.54) is 17.2 Å². The van der Waals surface area contributed by atoms with E-state index >= 15 is 0 Å². The number of rotatable bonds is 3. The number of phenols is 1. The first kappa shape index (κ1) is 13.1. The highest BCUT2D eigenvalue weighted by Crippen LogP contribution is 2.32. The largest absolute Gasteiger partial charge is 0.508 e. The maximum Gasteiger partial charge on any atom is 0.123 e. The fourth-order valence-corrected chi connectivity index (χ4v) is 2.90. The third-order valence-corrected chi connectivity index (χ3v) is 3.88. The van der Waals surface area contributed by atoms with Crippen LogP contribution in [0.25, 0.3) is 0 Å². The van der Waals surface area contributed by atoms with E-state index < -0.39 is 0 Å². The third kappa shape index (κ3) is 2.83. The average molecular weight is 271 g/mol. The number of hydrogen-bond acceptors (Lipinski definition) is 2. The molecule has 1 aliphatic carbocycles. The summed E-state index contributed by atoms with van der Waals surface area (Å²) >= 11 is 0. The van der Waals surface area contributed by atoms with Crippen molar-refractivity contribution in [3.05, 3.63) is 65.0 Å². The van der Waals surface area contributed by atoms with Gasteiger partial charge in [-0.1, -0.05) is 18.2 Å². The van der Waals surface area contributed by atoms with Gasteiger partial charge in [0.25, 0.3) is 0 Å². The molecule has 104 valence electrons. The predicted molar refractivity (Wildman–Crippen MR) is 77.0 cm³/mol. The molecule has 1 aliphatic rings. The van der Waals surface area contributed by atoms with Crippen LogP contribution in [0.15, 0.2) is 42.5 Å². The van der Waals surface area contributed by atoms with Crippen molar-refractivity contribution >= 4 is 0 Å². The highest BCUT2D eigenvalue weighted by Gasteiger charge is 2.19. The summed E-state index contributed by atoms with van der Waals surface area (Å²) in [6, 6.07) is 12.5. The summed E-state index contributed by atoms with van der Waals surface area (Å²) in [5.74, 6) is 0.132. The van der Waals surface area contributed by atoms with Crippen LogP contribution >= 0.6 is 0 Å². The van der Waals surface area contributed by atoms with E-state index in [9.17, 15) is 9.50 Å². The summed E-state index contributed by atoms with van der Waals surface area (Å²) in [6.45, 7) is 0.655. The molecule has 0 aliphatic heterocycles. The third-order valence-electron chi connectivity index (χ3n) is 3.88. The minimum atomic E-state index is -0.196. The van der Waals surface area contributed by atoms with Gasteiger partial charge in [0.2, 0.25) is 0 Å². The number of phenolic OH excluding ortho intramolecular Hbond substituents is 1. The number of nitrogens with one attached hydrogen (secondary N) is 1. The molecule has 2 N–H and O–H groups in total. The van der Waals surface area contributed by atoms with E-state index in [2.05, 4.69) is 5.32 Å². The summed E-state index contributed by atoms with van der Waals surface area (Å²) in [7, 11) is 0. The molecule has 0 aromatic heterocycles. The summed E-state index contributed by atoms with van der Waals surface area (Å²) in [4.78, 5) is 0. The maximum absolute atomic E-state index is 13.2. The minimum Gasteiger partial charge on any atom is -0.508 e. The van der Waals surface area contributed by atoms with Gasteiger partial charge in [0.15, 0.2) is 0 Å². The van der Waals surface area contributed by atoms with Crippen molar-refractivity contribution in [3.8, 4) is 5.75 Å². The van der Waals surface area contributed by atoms with Crippen LogP contribution in [0.2, 0.25) is 0 Å². The Bertz CT molecular complexity index is 612. The highest BCUT2D eigenvalue weighted by molar-refractivity contribution is 5.38. The number of fused-ring (bicyclic) bond motifs is 1. The molecule has 1 unspecified atom stereocenters. The lowest BCUT2D eigenvalue weighted by Gasteiger charge is -2.26. The second-order valence-corrected chi connectivity index (χ2v) is 5.34. The van der Waals surface area contributed by atoms with Gasteiger partial charge in [-0.15, -0.1) is 0 Å². The Morgan fingerprint density at radius 2 is 2.10 bits per heavy atom. The zero-order chi connectivity index (χ0) is 13.9. The van der Waals surface area contributed by atoms with Crippen molar-refractivity contribution in [2.75, 3.05) is 0 Å². The maximum atomic E-state index is 13.2. The SMILES string of the molecule is Oc1ccc2c(c1)CCCC2NCc1cccc(F)c1. The molecule has 0 bridgehead atoms. The van der Waals surface area contributed by atoms with Crippen LogP contribution in [0.3, 0.4) is 0 Å². The summed E-state index contributed by atoms with van der Waals surface area (Å²) in [5, 5.41) is 13.0. The van der Waals surface area contributed by atoms with Crippen molar-refractivity contribution in [1.82, 2.24) is 5.32 Å². The zero-order valence-electron chi connectivity index (χ0n) is 11.3. The fraction of sp³-hybridized carbons (Fsp3) is 0.294. The Balaban J connectivity index is 1.73. The number of aryl methyl sites for hydroxylation is 1. The van der Waals surface area contributed by atoms with Gasteiger partial charge in [-0.05, 0) is 60.2 Å². The summed E-state index contributed by atoms with van der Waals surface area (Å²) in [5.41, 5.74) is 3.43. The molecule has 3 heteroatoms. The molecule has 2 aromatic rings. The van der Waals surface area contributed by atoms with E-state index in [1.807, 2.05) is 18.2 Å². The van der Waals surface area contributed by atoms with Crippen LogP contribution < -0.4 is 5.32 Å². The Morgan fingerprint density at radius 1 is 1.20 bits per heavy atom. The molecule has 2 nitrogen and oxygen atoms in total. The molecule has 0 heterocycles.